The summed E-state index contributed by atoms with van der Waals surface area (Å²) in [6.07, 6.45) is 1.21. The van der Waals surface area contributed by atoms with E-state index in [2.05, 4.69) is 0 Å². The molecule has 0 radical (unpaired) electrons. The maximum atomic E-state index is 13.6. The molecule has 5 heteroatoms. The largest absolute Gasteiger partial charge is 0.469 e. The highest BCUT2D eigenvalue weighted by atomic mass is 19.1. The number of nitriles is 1. The van der Waals surface area contributed by atoms with Gasteiger partial charge in [0, 0.05) is 11.6 Å². The van der Waals surface area contributed by atoms with Crippen molar-refractivity contribution in [1.29, 1.82) is 5.26 Å². The lowest BCUT2D eigenvalue weighted by Crippen LogP contribution is -2.12. The third-order valence-electron chi connectivity index (χ3n) is 2.68. The molecule has 19 heavy (non-hydrogen) atoms. The van der Waals surface area contributed by atoms with E-state index in [1.807, 2.05) is 0 Å². The first kappa shape index (κ1) is 13.0. The Balaban J connectivity index is 2.40. The first-order chi connectivity index (χ1) is 9.02. The van der Waals surface area contributed by atoms with Crippen LogP contribution in [0.4, 0.5) is 8.78 Å². The molecule has 2 aromatic rings. The molecule has 3 nitrogen and oxygen atoms in total. The minimum atomic E-state index is -1.32. The molecule has 96 valence electrons. The van der Waals surface area contributed by atoms with Crippen LogP contribution in [-0.4, -0.2) is 5.78 Å². The van der Waals surface area contributed by atoms with E-state index < -0.39 is 23.3 Å². The fraction of sp³-hybridized carbons (Fsp3) is 0.143. The number of carbonyl (C=O) groups excluding carboxylic acids is 1. The summed E-state index contributed by atoms with van der Waals surface area (Å²) in [6, 6.07) is 5.96. The maximum absolute atomic E-state index is 13.6. The molecule has 1 aromatic carbocycles. The number of benzene rings is 1. The summed E-state index contributed by atoms with van der Waals surface area (Å²) in [5.74, 6) is -3.06. The van der Waals surface area contributed by atoms with Crippen LogP contribution in [0.5, 0.6) is 0 Å². The third kappa shape index (κ3) is 2.52. The summed E-state index contributed by atoms with van der Waals surface area (Å²) < 4.78 is 31.4. The average Bonchev–Trinajstić information content (AvgIpc) is 2.79. The van der Waals surface area contributed by atoms with E-state index in [1.54, 1.807) is 13.0 Å². The number of ketones is 1. The second-order valence-corrected chi connectivity index (χ2v) is 4.04. The van der Waals surface area contributed by atoms with E-state index >= 15 is 0 Å². The number of rotatable bonds is 3. The Hall–Kier alpha value is -2.48. The van der Waals surface area contributed by atoms with E-state index in [1.165, 1.54) is 12.3 Å². The summed E-state index contributed by atoms with van der Waals surface area (Å²) >= 11 is 0. The normalized spacial score (nSPS) is 11.9. The number of hydrogen-bond donors (Lipinski definition) is 0. The van der Waals surface area contributed by atoms with Gasteiger partial charge in [-0.1, -0.05) is 6.07 Å². The topological polar surface area (TPSA) is 54.0 Å². The molecule has 0 bridgehead atoms. The van der Waals surface area contributed by atoms with Crippen molar-refractivity contribution < 1.29 is 18.0 Å². The maximum Gasteiger partial charge on any atom is 0.187 e. The Morgan fingerprint density at radius 1 is 1.37 bits per heavy atom. The van der Waals surface area contributed by atoms with Crippen LogP contribution >= 0.6 is 0 Å². The summed E-state index contributed by atoms with van der Waals surface area (Å²) in [5, 5.41) is 9.05. The Morgan fingerprint density at radius 3 is 2.63 bits per heavy atom. The molecule has 1 aromatic heterocycles. The molecule has 0 saturated carbocycles. The molecule has 0 aliphatic carbocycles. The first-order valence-electron chi connectivity index (χ1n) is 5.47. The van der Waals surface area contributed by atoms with Crippen molar-refractivity contribution in [2.75, 3.05) is 0 Å². The van der Waals surface area contributed by atoms with Gasteiger partial charge in [0.05, 0.1) is 11.6 Å². The van der Waals surface area contributed by atoms with E-state index in [0.29, 0.717) is 11.8 Å². The van der Waals surface area contributed by atoms with Gasteiger partial charge in [-0.3, -0.25) is 4.79 Å². The zero-order valence-corrected chi connectivity index (χ0v) is 9.98. The highest BCUT2D eigenvalue weighted by Crippen LogP contribution is 2.24. The van der Waals surface area contributed by atoms with Crippen LogP contribution in [-0.2, 0) is 0 Å². The number of Topliss-reactive ketones (excluding diaryl/α,β-unsaturated/α-hetero) is 1. The van der Waals surface area contributed by atoms with Crippen molar-refractivity contribution in [3.8, 4) is 6.07 Å². The Kier molecular flexibility index (Phi) is 3.43. The van der Waals surface area contributed by atoms with Crippen molar-refractivity contribution in [2.24, 2.45) is 0 Å². The van der Waals surface area contributed by atoms with Gasteiger partial charge in [0.1, 0.15) is 29.6 Å². The molecule has 0 amide bonds. The zero-order valence-electron chi connectivity index (χ0n) is 9.98. The number of aryl methyl sites for hydroxylation is 1. The number of halogens is 2. The van der Waals surface area contributed by atoms with Crippen LogP contribution in [0.1, 0.15) is 27.6 Å². The molecule has 0 saturated heterocycles. The van der Waals surface area contributed by atoms with Crippen LogP contribution in [0.25, 0.3) is 0 Å². The second kappa shape index (κ2) is 5.02. The summed E-state index contributed by atoms with van der Waals surface area (Å²) in [7, 11) is 0. The first-order valence-corrected chi connectivity index (χ1v) is 5.47. The lowest BCUT2D eigenvalue weighted by atomic mass is 9.92. The standard InChI is InChI=1S/C14H9F2NO2/c1-8-4-9(7-19-8)14(18)12(6-17)11-3-2-10(15)5-13(11)16/h2-5,7,12H,1H3. The van der Waals surface area contributed by atoms with Gasteiger partial charge in [0.15, 0.2) is 5.78 Å². The molecule has 1 atom stereocenters. The van der Waals surface area contributed by atoms with E-state index in [-0.39, 0.29) is 11.1 Å². The summed E-state index contributed by atoms with van der Waals surface area (Å²) in [6.45, 7) is 1.65. The molecule has 1 heterocycles. The van der Waals surface area contributed by atoms with E-state index in [4.69, 9.17) is 9.68 Å². The minimum Gasteiger partial charge on any atom is -0.469 e. The van der Waals surface area contributed by atoms with Gasteiger partial charge in [-0.15, -0.1) is 0 Å². The predicted molar refractivity (Wildman–Crippen MR) is 62.5 cm³/mol. The average molecular weight is 261 g/mol. The van der Waals surface area contributed by atoms with Gasteiger partial charge in [-0.25, -0.2) is 8.78 Å². The van der Waals surface area contributed by atoms with Gasteiger partial charge in [-0.05, 0) is 19.1 Å². The monoisotopic (exact) mass is 261 g/mol. The van der Waals surface area contributed by atoms with Crippen molar-refractivity contribution >= 4 is 5.78 Å². The number of hydrogen-bond acceptors (Lipinski definition) is 3. The van der Waals surface area contributed by atoms with Gasteiger partial charge in [0.2, 0.25) is 0 Å². The molecular weight excluding hydrogens is 252 g/mol. The summed E-state index contributed by atoms with van der Waals surface area (Å²) in [5.41, 5.74) is 0.0422. The van der Waals surface area contributed by atoms with Crippen molar-refractivity contribution in [3.05, 3.63) is 59.1 Å². The fourth-order valence-electron chi connectivity index (χ4n) is 1.74. The van der Waals surface area contributed by atoms with Gasteiger partial charge < -0.3 is 4.42 Å². The quantitative estimate of drug-likeness (QED) is 0.796. The molecule has 0 aliphatic rings. The molecular formula is C14H9F2NO2. The number of nitrogens with zero attached hydrogens (tertiary/aromatic N) is 1. The van der Waals surface area contributed by atoms with Crippen LogP contribution in [0.3, 0.4) is 0 Å². The third-order valence-corrected chi connectivity index (χ3v) is 2.68. The SMILES string of the molecule is Cc1cc(C(=O)C(C#N)c2ccc(F)cc2F)co1. The Labute approximate surface area is 108 Å². The molecule has 2 rings (SSSR count). The minimum absolute atomic E-state index is 0.146. The number of furan rings is 1. The Bertz CT molecular complexity index is 670. The van der Waals surface area contributed by atoms with Crippen LogP contribution in [0, 0.1) is 29.9 Å². The smallest absolute Gasteiger partial charge is 0.187 e. The number of carbonyl (C=O) groups is 1. The molecule has 0 spiro atoms. The van der Waals surface area contributed by atoms with Gasteiger partial charge >= 0.3 is 0 Å². The second-order valence-electron chi connectivity index (χ2n) is 4.04. The van der Waals surface area contributed by atoms with Crippen molar-refractivity contribution in [3.63, 3.8) is 0 Å². The van der Waals surface area contributed by atoms with Gasteiger partial charge in [0.25, 0.3) is 0 Å². The molecule has 0 N–H and O–H groups in total. The van der Waals surface area contributed by atoms with Crippen molar-refractivity contribution in [2.45, 2.75) is 12.8 Å². The van der Waals surface area contributed by atoms with Crippen molar-refractivity contribution in [1.82, 2.24) is 0 Å². The van der Waals surface area contributed by atoms with Crippen LogP contribution < -0.4 is 0 Å². The van der Waals surface area contributed by atoms with E-state index in [9.17, 15) is 13.6 Å². The Morgan fingerprint density at radius 2 is 2.11 bits per heavy atom. The predicted octanol–water partition coefficient (Wildman–Crippen LogP) is 3.36. The molecule has 0 aliphatic heterocycles. The molecule has 0 fully saturated rings. The van der Waals surface area contributed by atoms with Gasteiger partial charge in [-0.2, -0.15) is 5.26 Å². The molecule has 1 unspecified atom stereocenters. The lowest BCUT2D eigenvalue weighted by molar-refractivity contribution is 0.0977. The van der Waals surface area contributed by atoms with E-state index in [0.717, 1.165) is 12.1 Å². The fourth-order valence-corrected chi connectivity index (χ4v) is 1.74. The zero-order chi connectivity index (χ0) is 14.0. The highest BCUT2D eigenvalue weighted by Gasteiger charge is 2.26. The highest BCUT2D eigenvalue weighted by molar-refractivity contribution is 6.02. The lowest BCUT2D eigenvalue weighted by Gasteiger charge is -2.08. The van der Waals surface area contributed by atoms with Crippen LogP contribution in [0.15, 0.2) is 34.9 Å². The van der Waals surface area contributed by atoms with Crippen LogP contribution in [0.2, 0.25) is 0 Å². The summed E-state index contributed by atoms with van der Waals surface area (Å²) in [4.78, 5) is 12.1.